The lowest BCUT2D eigenvalue weighted by atomic mass is 10.1. The van der Waals surface area contributed by atoms with Crippen molar-refractivity contribution < 1.29 is 0 Å². The van der Waals surface area contributed by atoms with Crippen molar-refractivity contribution in [3.8, 4) is 0 Å². The molecule has 0 radical (unpaired) electrons. The number of rotatable bonds is 4. The highest BCUT2D eigenvalue weighted by atomic mass is 15.1. The van der Waals surface area contributed by atoms with Gasteiger partial charge < -0.3 is 10.2 Å². The quantitative estimate of drug-likeness (QED) is 0.844. The van der Waals surface area contributed by atoms with Gasteiger partial charge in [0.2, 0.25) is 0 Å². The minimum atomic E-state index is 0.984. The molecule has 0 fully saturated rings. The van der Waals surface area contributed by atoms with Gasteiger partial charge in [-0.15, -0.1) is 0 Å². The fourth-order valence-corrected chi connectivity index (χ4v) is 1.84. The van der Waals surface area contributed by atoms with Crippen LogP contribution in [0.4, 0.5) is 5.69 Å². The Kier molecular flexibility index (Phi) is 3.37. The van der Waals surface area contributed by atoms with Crippen molar-refractivity contribution in [2.45, 2.75) is 0 Å². The van der Waals surface area contributed by atoms with Crippen molar-refractivity contribution in [2.24, 2.45) is 0 Å². The Labute approximate surface area is 96.1 Å². The lowest BCUT2D eigenvalue weighted by Crippen LogP contribution is -2.27. The summed E-state index contributed by atoms with van der Waals surface area (Å²) in [6.45, 7) is 1.98. The summed E-state index contributed by atoms with van der Waals surface area (Å²) >= 11 is 0. The SMILES string of the molecule is CNCCN(C)c1cccc2cnccc12. The maximum atomic E-state index is 4.14. The third-order valence-electron chi connectivity index (χ3n) is 2.77. The van der Waals surface area contributed by atoms with Gasteiger partial charge in [0.05, 0.1) is 0 Å². The zero-order chi connectivity index (χ0) is 11.4. The van der Waals surface area contributed by atoms with Crippen LogP contribution in [0.25, 0.3) is 10.8 Å². The first-order chi connectivity index (χ1) is 7.83. The first-order valence-electron chi connectivity index (χ1n) is 5.51. The van der Waals surface area contributed by atoms with E-state index < -0.39 is 0 Å². The molecule has 0 unspecified atom stereocenters. The Hall–Kier alpha value is -1.61. The van der Waals surface area contributed by atoms with Gasteiger partial charge in [0.15, 0.2) is 0 Å². The van der Waals surface area contributed by atoms with E-state index in [1.54, 1.807) is 0 Å². The fourth-order valence-electron chi connectivity index (χ4n) is 1.84. The van der Waals surface area contributed by atoms with Crippen molar-refractivity contribution in [1.29, 1.82) is 0 Å². The molecule has 0 saturated heterocycles. The molecule has 2 rings (SSSR count). The number of likely N-dealkylation sites (N-methyl/N-ethyl adjacent to an activating group) is 2. The standard InChI is InChI=1S/C13H17N3/c1-14-8-9-16(2)13-5-3-4-11-10-15-7-6-12(11)13/h3-7,10,14H,8-9H2,1-2H3. The van der Waals surface area contributed by atoms with Gasteiger partial charge in [0, 0.05) is 49.0 Å². The van der Waals surface area contributed by atoms with E-state index in [0.717, 1.165) is 13.1 Å². The molecule has 0 saturated carbocycles. The third-order valence-corrected chi connectivity index (χ3v) is 2.77. The highest BCUT2D eigenvalue weighted by Crippen LogP contribution is 2.24. The first kappa shape index (κ1) is 10.9. The molecule has 84 valence electrons. The molecule has 1 aromatic heterocycles. The highest BCUT2D eigenvalue weighted by molar-refractivity contribution is 5.93. The Morgan fingerprint density at radius 3 is 3.00 bits per heavy atom. The number of pyridine rings is 1. The van der Waals surface area contributed by atoms with Crippen LogP contribution in [0.3, 0.4) is 0 Å². The summed E-state index contributed by atoms with van der Waals surface area (Å²) in [4.78, 5) is 6.41. The molecule has 0 aliphatic carbocycles. The maximum absolute atomic E-state index is 4.14. The summed E-state index contributed by atoms with van der Waals surface area (Å²) in [6, 6.07) is 8.39. The molecule has 16 heavy (non-hydrogen) atoms. The van der Waals surface area contributed by atoms with E-state index in [9.17, 15) is 0 Å². The van der Waals surface area contributed by atoms with E-state index >= 15 is 0 Å². The fraction of sp³-hybridized carbons (Fsp3) is 0.308. The van der Waals surface area contributed by atoms with Crippen molar-refractivity contribution in [2.75, 3.05) is 32.1 Å². The molecule has 0 atom stereocenters. The molecule has 3 heteroatoms. The number of aromatic nitrogens is 1. The summed E-state index contributed by atoms with van der Waals surface area (Å²) in [7, 11) is 4.09. The molecule has 3 nitrogen and oxygen atoms in total. The van der Waals surface area contributed by atoms with Gasteiger partial charge in [-0.25, -0.2) is 0 Å². The molecule has 1 aromatic carbocycles. The molecule has 0 spiro atoms. The zero-order valence-electron chi connectivity index (χ0n) is 9.77. The summed E-state index contributed by atoms with van der Waals surface area (Å²) in [6.07, 6.45) is 3.75. The van der Waals surface area contributed by atoms with Gasteiger partial charge in [-0.1, -0.05) is 12.1 Å². The number of fused-ring (bicyclic) bond motifs is 1. The van der Waals surface area contributed by atoms with Crippen LogP contribution >= 0.6 is 0 Å². The van der Waals surface area contributed by atoms with Gasteiger partial charge in [-0.2, -0.15) is 0 Å². The number of hydrogen-bond donors (Lipinski definition) is 1. The van der Waals surface area contributed by atoms with Gasteiger partial charge in [-0.3, -0.25) is 4.98 Å². The van der Waals surface area contributed by atoms with E-state index in [0.29, 0.717) is 0 Å². The lowest BCUT2D eigenvalue weighted by Gasteiger charge is -2.20. The van der Waals surface area contributed by atoms with Crippen LogP contribution in [0.15, 0.2) is 36.7 Å². The highest BCUT2D eigenvalue weighted by Gasteiger charge is 2.04. The molecule has 1 N–H and O–H groups in total. The smallest absolute Gasteiger partial charge is 0.0444 e. The summed E-state index contributed by atoms with van der Waals surface area (Å²) in [5.74, 6) is 0. The van der Waals surface area contributed by atoms with Crippen LogP contribution in [0.5, 0.6) is 0 Å². The Morgan fingerprint density at radius 1 is 1.31 bits per heavy atom. The van der Waals surface area contributed by atoms with E-state index in [-0.39, 0.29) is 0 Å². The molecule has 0 bridgehead atoms. The zero-order valence-corrected chi connectivity index (χ0v) is 9.77. The number of nitrogens with one attached hydrogen (secondary N) is 1. The molecule has 0 aliphatic heterocycles. The first-order valence-corrected chi connectivity index (χ1v) is 5.51. The molecule has 1 heterocycles. The van der Waals surface area contributed by atoms with Gasteiger partial charge in [0.1, 0.15) is 0 Å². The lowest BCUT2D eigenvalue weighted by molar-refractivity contribution is 0.769. The molecular weight excluding hydrogens is 198 g/mol. The Bertz CT molecular complexity index is 462. The number of hydrogen-bond acceptors (Lipinski definition) is 3. The summed E-state index contributed by atoms with van der Waals surface area (Å²) in [5, 5.41) is 5.61. The van der Waals surface area contributed by atoms with E-state index in [1.165, 1.54) is 16.5 Å². The minimum Gasteiger partial charge on any atom is -0.373 e. The average Bonchev–Trinajstić information content (AvgIpc) is 2.35. The van der Waals surface area contributed by atoms with E-state index in [4.69, 9.17) is 0 Å². The molecule has 0 amide bonds. The number of nitrogens with zero attached hydrogens (tertiary/aromatic N) is 2. The maximum Gasteiger partial charge on any atom is 0.0444 e. The topological polar surface area (TPSA) is 28.2 Å². The van der Waals surface area contributed by atoms with Crippen molar-refractivity contribution in [3.63, 3.8) is 0 Å². The van der Waals surface area contributed by atoms with Gasteiger partial charge in [-0.05, 0) is 19.2 Å². The summed E-state index contributed by atoms with van der Waals surface area (Å²) in [5.41, 5.74) is 1.26. The minimum absolute atomic E-state index is 0.984. The molecule has 2 aromatic rings. The normalized spacial score (nSPS) is 10.6. The van der Waals surface area contributed by atoms with E-state index in [2.05, 4.69) is 46.5 Å². The predicted octanol–water partition coefficient (Wildman–Crippen LogP) is 1.89. The van der Waals surface area contributed by atoms with Crippen molar-refractivity contribution in [1.82, 2.24) is 10.3 Å². The van der Waals surface area contributed by atoms with Gasteiger partial charge in [0.25, 0.3) is 0 Å². The van der Waals surface area contributed by atoms with Crippen LogP contribution in [-0.4, -0.2) is 32.2 Å². The van der Waals surface area contributed by atoms with Crippen LogP contribution in [0.2, 0.25) is 0 Å². The number of benzene rings is 1. The molecule has 0 aliphatic rings. The average molecular weight is 215 g/mol. The second kappa shape index (κ2) is 4.94. The van der Waals surface area contributed by atoms with Crippen molar-refractivity contribution >= 4 is 16.5 Å². The van der Waals surface area contributed by atoms with Crippen LogP contribution < -0.4 is 10.2 Å². The summed E-state index contributed by atoms with van der Waals surface area (Å²) < 4.78 is 0. The number of anilines is 1. The Morgan fingerprint density at radius 2 is 2.19 bits per heavy atom. The van der Waals surface area contributed by atoms with Crippen LogP contribution in [0, 0.1) is 0 Å². The largest absolute Gasteiger partial charge is 0.373 e. The monoisotopic (exact) mass is 215 g/mol. The van der Waals surface area contributed by atoms with Gasteiger partial charge >= 0.3 is 0 Å². The van der Waals surface area contributed by atoms with Crippen LogP contribution in [0.1, 0.15) is 0 Å². The van der Waals surface area contributed by atoms with Crippen LogP contribution in [-0.2, 0) is 0 Å². The van der Waals surface area contributed by atoms with Crippen molar-refractivity contribution in [3.05, 3.63) is 36.7 Å². The van der Waals surface area contributed by atoms with E-state index in [1.807, 2.05) is 19.4 Å². The second-order valence-corrected chi connectivity index (χ2v) is 3.90. The Balaban J connectivity index is 2.36. The predicted molar refractivity (Wildman–Crippen MR) is 68.9 cm³/mol. The molecular formula is C13H17N3. The third kappa shape index (κ3) is 2.14. The second-order valence-electron chi connectivity index (χ2n) is 3.90.